The molecule has 0 saturated heterocycles. The average molecular weight is 263 g/mol. The maximum absolute atomic E-state index is 5.76. The minimum absolute atomic E-state index is 0.557. The average Bonchev–Trinajstić information content (AvgIpc) is 3.26. The maximum atomic E-state index is 5.76. The third-order valence-electron chi connectivity index (χ3n) is 3.22. The van der Waals surface area contributed by atoms with Crippen molar-refractivity contribution in [2.75, 3.05) is 18.5 Å². The van der Waals surface area contributed by atoms with Gasteiger partial charge in [0.25, 0.3) is 0 Å². The van der Waals surface area contributed by atoms with Crippen LogP contribution in [0.3, 0.4) is 0 Å². The normalized spacial score (nSPS) is 14.4. The topological polar surface area (TPSA) is 47.0 Å². The van der Waals surface area contributed by atoms with Gasteiger partial charge in [0, 0.05) is 18.5 Å². The van der Waals surface area contributed by atoms with Crippen molar-refractivity contribution in [2.45, 2.75) is 58.3 Å². The first-order chi connectivity index (χ1) is 9.33. The predicted molar refractivity (Wildman–Crippen MR) is 77.8 cm³/mol. The van der Waals surface area contributed by atoms with E-state index in [4.69, 9.17) is 4.74 Å². The number of ether oxygens (including phenoxy) is 1. The summed E-state index contributed by atoms with van der Waals surface area (Å²) in [7, 11) is 0. The molecule has 1 aliphatic carbocycles. The van der Waals surface area contributed by atoms with Crippen LogP contribution in [0, 0.1) is 0 Å². The lowest BCUT2D eigenvalue weighted by atomic mass is 10.3. The lowest BCUT2D eigenvalue weighted by Crippen LogP contribution is -2.07. The van der Waals surface area contributed by atoms with E-state index >= 15 is 0 Å². The highest BCUT2D eigenvalue weighted by atomic mass is 16.5. The molecule has 0 aliphatic heterocycles. The fourth-order valence-corrected chi connectivity index (χ4v) is 1.91. The lowest BCUT2D eigenvalue weighted by Gasteiger charge is -2.10. The Morgan fingerprint density at radius 3 is 2.74 bits per heavy atom. The molecule has 4 nitrogen and oxygen atoms in total. The van der Waals surface area contributed by atoms with Crippen molar-refractivity contribution in [3.8, 4) is 5.88 Å². The van der Waals surface area contributed by atoms with E-state index in [2.05, 4.69) is 29.1 Å². The first kappa shape index (κ1) is 14.1. The molecule has 2 rings (SSSR count). The minimum atomic E-state index is 0.557. The molecule has 0 amide bonds. The van der Waals surface area contributed by atoms with Crippen LogP contribution >= 0.6 is 0 Å². The minimum Gasteiger partial charge on any atom is -0.478 e. The van der Waals surface area contributed by atoms with E-state index in [1.165, 1.54) is 25.7 Å². The van der Waals surface area contributed by atoms with Gasteiger partial charge < -0.3 is 10.1 Å². The smallest absolute Gasteiger partial charge is 0.218 e. The third-order valence-corrected chi connectivity index (χ3v) is 3.22. The third kappa shape index (κ3) is 4.69. The summed E-state index contributed by atoms with van der Waals surface area (Å²) in [5.74, 6) is 3.14. The van der Waals surface area contributed by atoms with E-state index in [-0.39, 0.29) is 0 Å². The van der Waals surface area contributed by atoms with Gasteiger partial charge in [0.05, 0.1) is 6.61 Å². The molecule has 106 valence electrons. The molecule has 4 heteroatoms. The van der Waals surface area contributed by atoms with Gasteiger partial charge in [-0.1, -0.05) is 26.7 Å². The Bertz CT molecular complexity index is 391. The number of rotatable bonds is 9. The zero-order valence-electron chi connectivity index (χ0n) is 12.1. The monoisotopic (exact) mass is 263 g/mol. The van der Waals surface area contributed by atoms with Crippen LogP contribution in [0.15, 0.2) is 6.07 Å². The van der Waals surface area contributed by atoms with Crippen LogP contribution in [0.2, 0.25) is 0 Å². The second kappa shape index (κ2) is 7.31. The highest BCUT2D eigenvalue weighted by molar-refractivity contribution is 5.39. The molecule has 0 spiro atoms. The predicted octanol–water partition coefficient (Wildman–Crippen LogP) is 3.74. The second-order valence-corrected chi connectivity index (χ2v) is 5.21. The Morgan fingerprint density at radius 2 is 2.05 bits per heavy atom. The molecular formula is C15H25N3O. The van der Waals surface area contributed by atoms with Gasteiger partial charge in [-0.3, -0.25) is 0 Å². The summed E-state index contributed by atoms with van der Waals surface area (Å²) in [5, 5.41) is 3.33. The van der Waals surface area contributed by atoms with Crippen LogP contribution in [-0.2, 0) is 0 Å². The van der Waals surface area contributed by atoms with E-state index < -0.39 is 0 Å². The fourth-order valence-electron chi connectivity index (χ4n) is 1.91. The molecule has 0 atom stereocenters. The Hall–Kier alpha value is -1.32. The van der Waals surface area contributed by atoms with Crippen molar-refractivity contribution in [3.05, 3.63) is 11.9 Å². The molecule has 19 heavy (non-hydrogen) atoms. The number of nitrogens with zero attached hydrogens (tertiary/aromatic N) is 2. The van der Waals surface area contributed by atoms with Gasteiger partial charge in [-0.25, -0.2) is 4.98 Å². The number of anilines is 1. The lowest BCUT2D eigenvalue weighted by molar-refractivity contribution is 0.293. The number of nitrogens with one attached hydrogen (secondary N) is 1. The molecule has 0 aromatic carbocycles. The number of hydrogen-bond acceptors (Lipinski definition) is 4. The largest absolute Gasteiger partial charge is 0.478 e. The molecule has 0 unspecified atom stereocenters. The van der Waals surface area contributed by atoms with Gasteiger partial charge in [-0.05, 0) is 25.7 Å². The summed E-state index contributed by atoms with van der Waals surface area (Å²) in [5.41, 5.74) is 0. The van der Waals surface area contributed by atoms with Crippen molar-refractivity contribution >= 4 is 5.82 Å². The van der Waals surface area contributed by atoms with Crippen LogP contribution in [0.4, 0.5) is 5.82 Å². The number of aromatic nitrogens is 2. The van der Waals surface area contributed by atoms with Crippen LogP contribution < -0.4 is 10.1 Å². The quantitative estimate of drug-likeness (QED) is 0.689. The SMILES string of the molecule is CCCCCOc1cc(NCCC)nc(C2CC2)n1. The molecule has 0 radical (unpaired) electrons. The van der Waals surface area contributed by atoms with Crippen molar-refractivity contribution < 1.29 is 4.74 Å². The first-order valence-electron chi connectivity index (χ1n) is 7.59. The number of hydrogen-bond donors (Lipinski definition) is 1. The number of unbranched alkanes of at least 4 members (excludes halogenated alkanes) is 2. The molecule has 1 aliphatic rings. The summed E-state index contributed by atoms with van der Waals surface area (Å²) in [4.78, 5) is 9.10. The zero-order chi connectivity index (χ0) is 13.5. The summed E-state index contributed by atoms with van der Waals surface area (Å²) in [6, 6.07) is 1.92. The molecule has 1 fully saturated rings. The van der Waals surface area contributed by atoms with Crippen LogP contribution in [0.25, 0.3) is 0 Å². The molecule has 1 saturated carbocycles. The van der Waals surface area contributed by atoms with Gasteiger partial charge in [0.2, 0.25) is 5.88 Å². The Morgan fingerprint density at radius 1 is 1.21 bits per heavy atom. The van der Waals surface area contributed by atoms with Crippen molar-refractivity contribution in [1.82, 2.24) is 9.97 Å². The van der Waals surface area contributed by atoms with E-state index in [0.29, 0.717) is 5.92 Å². The maximum Gasteiger partial charge on any atom is 0.218 e. The van der Waals surface area contributed by atoms with E-state index in [1.54, 1.807) is 0 Å². The summed E-state index contributed by atoms with van der Waals surface area (Å²) < 4.78 is 5.76. The van der Waals surface area contributed by atoms with Crippen LogP contribution in [0.1, 0.15) is 64.1 Å². The van der Waals surface area contributed by atoms with Crippen molar-refractivity contribution in [2.24, 2.45) is 0 Å². The Balaban J connectivity index is 1.97. The second-order valence-electron chi connectivity index (χ2n) is 5.21. The highest BCUT2D eigenvalue weighted by Crippen LogP contribution is 2.39. The fraction of sp³-hybridized carbons (Fsp3) is 0.733. The van der Waals surface area contributed by atoms with E-state index in [0.717, 1.165) is 43.5 Å². The molecule has 1 heterocycles. The standard InChI is InChI=1S/C15H25N3O/c1-3-5-6-10-19-14-11-13(16-9-4-2)17-15(18-14)12-7-8-12/h11-12H,3-10H2,1-2H3,(H,16,17,18). The molecule has 1 aromatic rings. The van der Waals surface area contributed by atoms with E-state index in [9.17, 15) is 0 Å². The molecule has 1 aromatic heterocycles. The molecule has 1 N–H and O–H groups in total. The molecular weight excluding hydrogens is 238 g/mol. The highest BCUT2D eigenvalue weighted by Gasteiger charge is 2.27. The van der Waals surface area contributed by atoms with Crippen molar-refractivity contribution in [3.63, 3.8) is 0 Å². The zero-order valence-corrected chi connectivity index (χ0v) is 12.1. The summed E-state index contributed by atoms with van der Waals surface area (Å²) >= 11 is 0. The van der Waals surface area contributed by atoms with E-state index in [1.807, 2.05) is 6.07 Å². The van der Waals surface area contributed by atoms with Crippen molar-refractivity contribution in [1.29, 1.82) is 0 Å². The van der Waals surface area contributed by atoms with Gasteiger partial charge in [-0.15, -0.1) is 0 Å². The van der Waals surface area contributed by atoms with Gasteiger partial charge in [-0.2, -0.15) is 4.98 Å². The molecule has 0 bridgehead atoms. The van der Waals surface area contributed by atoms with Gasteiger partial charge in [0.15, 0.2) is 0 Å². The van der Waals surface area contributed by atoms with Gasteiger partial charge >= 0.3 is 0 Å². The Kier molecular flexibility index (Phi) is 5.43. The summed E-state index contributed by atoms with van der Waals surface area (Å²) in [6.45, 7) is 6.04. The summed E-state index contributed by atoms with van der Waals surface area (Å²) in [6.07, 6.45) is 7.04. The van der Waals surface area contributed by atoms with Gasteiger partial charge in [0.1, 0.15) is 11.6 Å². The Labute approximate surface area is 116 Å². The first-order valence-corrected chi connectivity index (χ1v) is 7.59. The van der Waals surface area contributed by atoms with Crippen LogP contribution in [-0.4, -0.2) is 23.1 Å². The van der Waals surface area contributed by atoms with Crippen LogP contribution in [0.5, 0.6) is 5.88 Å².